The number of hydrogen-bond donors (Lipinski definition) is 1. The highest BCUT2D eigenvalue weighted by atomic mass is 35.5. The molecular weight excluding hydrogens is 242 g/mol. The van der Waals surface area contributed by atoms with Crippen molar-refractivity contribution in [2.75, 3.05) is 17.8 Å². The molecule has 0 aliphatic rings. The van der Waals surface area contributed by atoms with Crippen molar-refractivity contribution in [1.29, 1.82) is 0 Å². The quantitative estimate of drug-likeness (QED) is 0.647. The van der Waals surface area contributed by atoms with Crippen molar-refractivity contribution in [3.05, 3.63) is 29.8 Å². The summed E-state index contributed by atoms with van der Waals surface area (Å²) >= 11 is 5.41. The fourth-order valence-electron chi connectivity index (χ4n) is 1.35. The molecule has 0 spiro atoms. The molecule has 0 bridgehead atoms. The van der Waals surface area contributed by atoms with Gasteiger partial charge in [-0.3, -0.25) is 9.59 Å². The number of benzene rings is 1. The minimum Gasteiger partial charge on any atom is -0.466 e. The van der Waals surface area contributed by atoms with E-state index in [1.54, 1.807) is 31.2 Å². The predicted octanol–water partition coefficient (Wildman–Crippen LogP) is 1.97. The molecule has 0 radical (unpaired) electrons. The van der Waals surface area contributed by atoms with E-state index in [0.717, 1.165) is 0 Å². The van der Waals surface area contributed by atoms with Gasteiger partial charge in [-0.05, 0) is 18.6 Å². The number of alkyl halides is 1. The molecule has 0 atom stereocenters. The molecule has 1 aromatic carbocycles. The van der Waals surface area contributed by atoms with E-state index in [9.17, 15) is 9.59 Å². The van der Waals surface area contributed by atoms with Gasteiger partial charge in [0.2, 0.25) is 5.91 Å². The topological polar surface area (TPSA) is 55.4 Å². The van der Waals surface area contributed by atoms with Crippen LogP contribution in [0.1, 0.15) is 12.5 Å². The molecule has 92 valence electrons. The van der Waals surface area contributed by atoms with Gasteiger partial charge in [-0.2, -0.15) is 0 Å². The smallest absolute Gasteiger partial charge is 0.310 e. The van der Waals surface area contributed by atoms with Crippen LogP contribution in [-0.4, -0.2) is 24.4 Å². The summed E-state index contributed by atoms with van der Waals surface area (Å²) in [6.07, 6.45) is 0.132. The minimum atomic E-state index is -0.319. The van der Waals surface area contributed by atoms with Gasteiger partial charge in [0.25, 0.3) is 0 Å². The lowest BCUT2D eigenvalue weighted by Gasteiger charge is -2.09. The molecule has 0 heterocycles. The standard InChI is InChI=1S/C12H14ClNO3/c1-2-17-12(16)7-9-5-3-4-6-10(9)14-11(15)8-13/h3-6H,2,7-8H2,1H3,(H,14,15). The number of carbonyl (C=O) groups excluding carboxylic acids is 2. The number of rotatable bonds is 5. The maximum atomic E-state index is 11.4. The number of carbonyl (C=O) groups is 2. The zero-order valence-electron chi connectivity index (χ0n) is 9.53. The maximum absolute atomic E-state index is 11.4. The van der Waals surface area contributed by atoms with Gasteiger partial charge in [0.05, 0.1) is 13.0 Å². The van der Waals surface area contributed by atoms with E-state index in [1.165, 1.54) is 0 Å². The van der Waals surface area contributed by atoms with E-state index in [-0.39, 0.29) is 24.2 Å². The van der Waals surface area contributed by atoms with Crippen LogP contribution in [0.2, 0.25) is 0 Å². The van der Waals surface area contributed by atoms with E-state index >= 15 is 0 Å². The summed E-state index contributed by atoms with van der Waals surface area (Å²) in [7, 11) is 0. The first-order chi connectivity index (χ1) is 8.17. The second-order valence-electron chi connectivity index (χ2n) is 3.32. The number of anilines is 1. The van der Waals surface area contributed by atoms with Crippen LogP contribution in [0.3, 0.4) is 0 Å². The van der Waals surface area contributed by atoms with E-state index in [0.29, 0.717) is 17.9 Å². The van der Waals surface area contributed by atoms with Crippen LogP contribution < -0.4 is 5.32 Å². The lowest BCUT2D eigenvalue weighted by Crippen LogP contribution is -2.15. The highest BCUT2D eigenvalue weighted by Crippen LogP contribution is 2.16. The van der Waals surface area contributed by atoms with Crippen LogP contribution in [0.25, 0.3) is 0 Å². The van der Waals surface area contributed by atoms with Gasteiger partial charge in [-0.1, -0.05) is 18.2 Å². The predicted molar refractivity (Wildman–Crippen MR) is 66.1 cm³/mol. The summed E-state index contributed by atoms with van der Waals surface area (Å²) in [5.74, 6) is -0.739. The number of ether oxygens (including phenoxy) is 1. The van der Waals surface area contributed by atoms with Crippen LogP contribution in [0, 0.1) is 0 Å². The fraction of sp³-hybridized carbons (Fsp3) is 0.333. The molecule has 0 saturated carbocycles. The van der Waals surface area contributed by atoms with E-state index in [4.69, 9.17) is 16.3 Å². The van der Waals surface area contributed by atoms with Gasteiger partial charge in [0, 0.05) is 5.69 Å². The van der Waals surface area contributed by atoms with Crippen molar-refractivity contribution in [3.63, 3.8) is 0 Å². The molecule has 0 saturated heterocycles. The summed E-state index contributed by atoms with van der Waals surface area (Å²) < 4.78 is 4.85. The Morgan fingerprint density at radius 2 is 2.06 bits per heavy atom. The van der Waals surface area contributed by atoms with Crippen LogP contribution in [-0.2, 0) is 20.7 Å². The maximum Gasteiger partial charge on any atom is 0.310 e. The van der Waals surface area contributed by atoms with Crippen molar-refractivity contribution < 1.29 is 14.3 Å². The van der Waals surface area contributed by atoms with Crippen molar-refractivity contribution in [3.8, 4) is 0 Å². The highest BCUT2D eigenvalue weighted by Gasteiger charge is 2.09. The normalized spacial score (nSPS) is 9.76. The monoisotopic (exact) mass is 255 g/mol. The van der Waals surface area contributed by atoms with Gasteiger partial charge in [0.1, 0.15) is 5.88 Å². The Kier molecular flexibility index (Phi) is 5.49. The van der Waals surface area contributed by atoms with E-state index < -0.39 is 0 Å². The molecule has 0 aromatic heterocycles. The Morgan fingerprint density at radius 1 is 1.35 bits per heavy atom. The molecular formula is C12H14ClNO3. The van der Waals surface area contributed by atoms with Crippen molar-refractivity contribution in [2.24, 2.45) is 0 Å². The van der Waals surface area contributed by atoms with E-state index in [2.05, 4.69) is 5.32 Å². The molecule has 17 heavy (non-hydrogen) atoms. The Morgan fingerprint density at radius 3 is 2.71 bits per heavy atom. The molecule has 1 amide bonds. The summed E-state index contributed by atoms with van der Waals surface area (Å²) in [6, 6.07) is 7.06. The van der Waals surface area contributed by atoms with Crippen molar-refractivity contribution in [2.45, 2.75) is 13.3 Å². The Labute approximate surface area is 105 Å². The van der Waals surface area contributed by atoms with Crippen LogP contribution in [0.4, 0.5) is 5.69 Å². The van der Waals surface area contributed by atoms with Gasteiger partial charge in [0.15, 0.2) is 0 Å². The highest BCUT2D eigenvalue weighted by molar-refractivity contribution is 6.29. The number of hydrogen-bond acceptors (Lipinski definition) is 3. The first-order valence-electron chi connectivity index (χ1n) is 5.26. The first-order valence-corrected chi connectivity index (χ1v) is 5.80. The molecule has 0 unspecified atom stereocenters. The largest absolute Gasteiger partial charge is 0.466 e. The third-order valence-electron chi connectivity index (χ3n) is 2.05. The first kappa shape index (κ1) is 13.5. The Balaban J connectivity index is 2.77. The van der Waals surface area contributed by atoms with Crippen molar-refractivity contribution in [1.82, 2.24) is 0 Å². The van der Waals surface area contributed by atoms with Gasteiger partial charge < -0.3 is 10.1 Å². The zero-order valence-corrected chi connectivity index (χ0v) is 10.3. The molecule has 0 aliphatic heterocycles. The summed E-state index contributed by atoms with van der Waals surface area (Å²) in [5, 5.41) is 2.63. The second kappa shape index (κ2) is 6.91. The number of para-hydroxylation sites is 1. The van der Waals surface area contributed by atoms with Crippen LogP contribution in [0.15, 0.2) is 24.3 Å². The summed E-state index contributed by atoms with van der Waals surface area (Å²) in [6.45, 7) is 2.09. The number of nitrogens with one attached hydrogen (secondary N) is 1. The third kappa shape index (κ3) is 4.44. The zero-order chi connectivity index (χ0) is 12.7. The molecule has 1 rings (SSSR count). The lowest BCUT2D eigenvalue weighted by atomic mass is 10.1. The number of halogens is 1. The Hall–Kier alpha value is -1.55. The number of esters is 1. The molecule has 4 nitrogen and oxygen atoms in total. The molecule has 1 N–H and O–H groups in total. The molecule has 0 fully saturated rings. The molecule has 1 aromatic rings. The number of amides is 1. The summed E-state index contributed by atoms with van der Waals surface area (Å²) in [5.41, 5.74) is 1.30. The SMILES string of the molecule is CCOC(=O)Cc1ccccc1NC(=O)CCl. The minimum absolute atomic E-state index is 0.117. The average molecular weight is 256 g/mol. The van der Waals surface area contributed by atoms with Gasteiger partial charge >= 0.3 is 5.97 Å². The van der Waals surface area contributed by atoms with Crippen LogP contribution in [0.5, 0.6) is 0 Å². The Bertz CT molecular complexity index is 406. The van der Waals surface area contributed by atoms with Gasteiger partial charge in [-0.25, -0.2) is 0 Å². The van der Waals surface area contributed by atoms with E-state index in [1.807, 2.05) is 0 Å². The average Bonchev–Trinajstić information content (AvgIpc) is 2.31. The molecule has 5 heteroatoms. The molecule has 0 aliphatic carbocycles. The van der Waals surface area contributed by atoms with Gasteiger partial charge in [-0.15, -0.1) is 11.6 Å². The fourth-order valence-corrected chi connectivity index (χ4v) is 1.41. The van der Waals surface area contributed by atoms with Crippen LogP contribution >= 0.6 is 11.6 Å². The lowest BCUT2D eigenvalue weighted by molar-refractivity contribution is -0.142. The second-order valence-corrected chi connectivity index (χ2v) is 3.59. The van der Waals surface area contributed by atoms with Crippen molar-refractivity contribution >= 4 is 29.2 Å². The summed E-state index contributed by atoms with van der Waals surface area (Å²) in [4.78, 5) is 22.5. The third-order valence-corrected chi connectivity index (χ3v) is 2.30.